The van der Waals surface area contributed by atoms with Gasteiger partial charge in [-0.3, -0.25) is 4.79 Å². The van der Waals surface area contributed by atoms with E-state index in [1.807, 2.05) is 6.07 Å². The quantitative estimate of drug-likeness (QED) is 0.836. The fourth-order valence-corrected chi connectivity index (χ4v) is 1.57. The number of nitrogens with one attached hydrogen (secondary N) is 1. The second-order valence-corrected chi connectivity index (χ2v) is 4.10. The Morgan fingerprint density at radius 2 is 2.25 bits per heavy atom. The van der Waals surface area contributed by atoms with Gasteiger partial charge in [-0.2, -0.15) is 0 Å². The lowest BCUT2D eigenvalue weighted by Gasteiger charge is -2.05. The highest BCUT2D eigenvalue weighted by atomic mass is 16.5. The average molecular weight is 270 g/mol. The lowest BCUT2D eigenvalue weighted by molar-refractivity contribution is 0.101. The number of hydrogen-bond donors (Lipinski definition) is 2. The van der Waals surface area contributed by atoms with E-state index in [1.54, 1.807) is 31.2 Å². The molecule has 0 radical (unpaired) electrons. The lowest BCUT2D eigenvalue weighted by Crippen LogP contribution is -2.13. The maximum atomic E-state index is 12.0. The number of aromatic nitrogens is 1. The highest BCUT2D eigenvalue weighted by Gasteiger charge is 2.12. The maximum absolute atomic E-state index is 12.0. The third-order valence-electron chi connectivity index (χ3n) is 2.50. The van der Waals surface area contributed by atoms with Gasteiger partial charge >= 0.3 is 0 Å². The summed E-state index contributed by atoms with van der Waals surface area (Å²) in [5.41, 5.74) is 1.51. The number of para-hydroxylation sites is 1. The standard InChI is InChI=1S/C15H14N2O3/c1-11-10-14(17-20-11)15(19)16-13-8-3-2-6-12(13)7-4-5-9-18/h2-3,6,8,10,18H,5,9H2,1H3,(H,16,19). The number of anilines is 1. The van der Waals surface area contributed by atoms with Gasteiger partial charge in [0, 0.05) is 18.1 Å². The van der Waals surface area contributed by atoms with Gasteiger partial charge in [-0.15, -0.1) is 0 Å². The van der Waals surface area contributed by atoms with Crippen molar-refractivity contribution in [3.63, 3.8) is 0 Å². The molecule has 5 nitrogen and oxygen atoms in total. The van der Waals surface area contributed by atoms with Crippen LogP contribution in [0.15, 0.2) is 34.9 Å². The molecule has 1 heterocycles. The van der Waals surface area contributed by atoms with Gasteiger partial charge in [0.15, 0.2) is 5.69 Å². The molecule has 0 spiro atoms. The zero-order valence-electron chi connectivity index (χ0n) is 11.0. The second kappa shape index (κ2) is 6.55. The van der Waals surface area contributed by atoms with Crippen LogP contribution < -0.4 is 5.32 Å². The molecule has 20 heavy (non-hydrogen) atoms. The normalized spacial score (nSPS) is 9.70. The van der Waals surface area contributed by atoms with Gasteiger partial charge in [-0.1, -0.05) is 29.1 Å². The number of carbonyl (C=O) groups is 1. The minimum atomic E-state index is -0.349. The molecule has 2 rings (SSSR count). The Bertz CT molecular complexity index is 665. The molecule has 0 saturated heterocycles. The van der Waals surface area contributed by atoms with E-state index in [0.29, 0.717) is 23.4 Å². The molecule has 1 amide bonds. The first-order valence-electron chi connectivity index (χ1n) is 6.14. The Balaban J connectivity index is 2.17. The van der Waals surface area contributed by atoms with Crippen LogP contribution >= 0.6 is 0 Å². The van der Waals surface area contributed by atoms with E-state index in [2.05, 4.69) is 22.3 Å². The summed E-state index contributed by atoms with van der Waals surface area (Å²) in [4.78, 5) is 12.0. The topological polar surface area (TPSA) is 75.4 Å². The maximum Gasteiger partial charge on any atom is 0.277 e. The summed E-state index contributed by atoms with van der Waals surface area (Å²) in [6, 6.07) is 8.76. The number of carbonyl (C=O) groups excluding carboxylic acids is 1. The number of aliphatic hydroxyl groups excluding tert-OH is 1. The minimum Gasteiger partial charge on any atom is -0.395 e. The van der Waals surface area contributed by atoms with Gasteiger partial charge < -0.3 is 14.9 Å². The van der Waals surface area contributed by atoms with Crippen LogP contribution in [0, 0.1) is 18.8 Å². The zero-order valence-corrected chi connectivity index (χ0v) is 11.0. The number of aryl methyl sites for hydroxylation is 1. The molecule has 0 fully saturated rings. The monoisotopic (exact) mass is 270 g/mol. The fourth-order valence-electron chi connectivity index (χ4n) is 1.57. The summed E-state index contributed by atoms with van der Waals surface area (Å²) < 4.78 is 4.87. The largest absolute Gasteiger partial charge is 0.395 e. The van der Waals surface area contributed by atoms with Crippen molar-refractivity contribution in [1.29, 1.82) is 0 Å². The summed E-state index contributed by atoms with van der Waals surface area (Å²) in [5.74, 6) is 5.96. The molecule has 5 heteroatoms. The highest BCUT2D eigenvalue weighted by Crippen LogP contribution is 2.15. The second-order valence-electron chi connectivity index (χ2n) is 4.10. The molecule has 2 N–H and O–H groups in total. The molecule has 0 unspecified atom stereocenters. The third kappa shape index (κ3) is 3.46. The van der Waals surface area contributed by atoms with Crippen molar-refractivity contribution in [2.75, 3.05) is 11.9 Å². The molecule has 0 bridgehead atoms. The Morgan fingerprint density at radius 3 is 2.95 bits per heavy atom. The predicted molar refractivity (Wildman–Crippen MR) is 74.2 cm³/mol. The van der Waals surface area contributed by atoms with Gasteiger partial charge in [0.1, 0.15) is 5.76 Å². The van der Waals surface area contributed by atoms with Crippen LogP contribution in [-0.4, -0.2) is 22.8 Å². The molecule has 1 aromatic heterocycles. The van der Waals surface area contributed by atoms with Crippen molar-refractivity contribution in [2.24, 2.45) is 0 Å². The van der Waals surface area contributed by atoms with Crippen LogP contribution in [0.25, 0.3) is 0 Å². The molecular formula is C15H14N2O3. The summed E-state index contributed by atoms with van der Waals surface area (Å²) in [5, 5.41) is 15.1. The third-order valence-corrected chi connectivity index (χ3v) is 2.50. The van der Waals surface area contributed by atoms with Crippen LogP contribution in [-0.2, 0) is 0 Å². The predicted octanol–water partition coefficient (Wildman–Crippen LogP) is 1.97. The molecule has 2 aromatic rings. The van der Waals surface area contributed by atoms with Crippen LogP contribution in [0.4, 0.5) is 5.69 Å². The minimum absolute atomic E-state index is 0.0136. The number of hydrogen-bond acceptors (Lipinski definition) is 4. The van der Waals surface area contributed by atoms with E-state index < -0.39 is 0 Å². The van der Waals surface area contributed by atoms with Gasteiger partial charge in [0.25, 0.3) is 5.91 Å². The van der Waals surface area contributed by atoms with E-state index >= 15 is 0 Å². The Kier molecular flexibility index (Phi) is 4.53. The number of amides is 1. The zero-order chi connectivity index (χ0) is 14.4. The van der Waals surface area contributed by atoms with Gasteiger partial charge in [-0.05, 0) is 19.1 Å². The van der Waals surface area contributed by atoms with Gasteiger partial charge in [0.2, 0.25) is 0 Å². The number of nitrogens with zero attached hydrogens (tertiary/aromatic N) is 1. The first-order valence-corrected chi connectivity index (χ1v) is 6.14. The highest BCUT2D eigenvalue weighted by molar-refractivity contribution is 6.03. The van der Waals surface area contributed by atoms with E-state index in [-0.39, 0.29) is 18.2 Å². The summed E-state index contributed by atoms with van der Waals surface area (Å²) in [6.45, 7) is 1.73. The van der Waals surface area contributed by atoms with Crippen molar-refractivity contribution in [3.05, 3.63) is 47.3 Å². The van der Waals surface area contributed by atoms with Crippen molar-refractivity contribution < 1.29 is 14.4 Å². The van der Waals surface area contributed by atoms with Gasteiger partial charge in [-0.25, -0.2) is 0 Å². The van der Waals surface area contributed by atoms with Crippen LogP contribution in [0.2, 0.25) is 0 Å². The van der Waals surface area contributed by atoms with Crippen LogP contribution in [0.3, 0.4) is 0 Å². The Labute approximate surface area is 116 Å². The number of rotatable bonds is 3. The van der Waals surface area contributed by atoms with Crippen molar-refractivity contribution >= 4 is 11.6 Å². The summed E-state index contributed by atoms with van der Waals surface area (Å²) in [7, 11) is 0. The van der Waals surface area contributed by atoms with Crippen molar-refractivity contribution in [2.45, 2.75) is 13.3 Å². The Morgan fingerprint density at radius 1 is 1.45 bits per heavy atom. The molecule has 1 aromatic carbocycles. The average Bonchev–Trinajstić information content (AvgIpc) is 2.88. The van der Waals surface area contributed by atoms with E-state index in [1.165, 1.54) is 0 Å². The lowest BCUT2D eigenvalue weighted by atomic mass is 10.1. The molecule has 0 aliphatic heterocycles. The van der Waals surface area contributed by atoms with E-state index in [4.69, 9.17) is 9.63 Å². The molecule has 0 atom stereocenters. The van der Waals surface area contributed by atoms with E-state index in [9.17, 15) is 4.79 Å². The van der Waals surface area contributed by atoms with Gasteiger partial charge in [0.05, 0.1) is 12.3 Å². The smallest absolute Gasteiger partial charge is 0.277 e. The molecule has 0 saturated carbocycles. The Hall–Kier alpha value is -2.58. The van der Waals surface area contributed by atoms with Crippen LogP contribution in [0.1, 0.15) is 28.2 Å². The first-order chi connectivity index (χ1) is 9.70. The fraction of sp³-hybridized carbons (Fsp3) is 0.200. The van der Waals surface area contributed by atoms with Crippen molar-refractivity contribution in [3.8, 4) is 11.8 Å². The molecule has 102 valence electrons. The first kappa shape index (κ1) is 13.8. The summed E-state index contributed by atoms with van der Waals surface area (Å²) in [6.07, 6.45) is 0.394. The van der Waals surface area contributed by atoms with Crippen LogP contribution in [0.5, 0.6) is 0 Å². The molecule has 0 aliphatic carbocycles. The molecular weight excluding hydrogens is 256 g/mol. The number of aliphatic hydroxyl groups is 1. The van der Waals surface area contributed by atoms with Crippen molar-refractivity contribution in [1.82, 2.24) is 5.16 Å². The molecule has 0 aliphatic rings. The van der Waals surface area contributed by atoms with E-state index in [0.717, 1.165) is 0 Å². The summed E-state index contributed by atoms with van der Waals surface area (Å²) >= 11 is 0. The number of benzene rings is 1. The SMILES string of the molecule is Cc1cc(C(=O)Nc2ccccc2C#CCCO)no1.